The van der Waals surface area contributed by atoms with Gasteiger partial charge in [0.1, 0.15) is 10.3 Å². The highest BCUT2D eigenvalue weighted by Crippen LogP contribution is 2.34. The third-order valence-corrected chi connectivity index (χ3v) is 6.71. The smallest absolute Gasteiger partial charge is 0.211 e. The number of thioether (sulfide) groups is 1. The molecular formula is C20H28N2O2S2. The van der Waals surface area contributed by atoms with E-state index in [9.17, 15) is 4.79 Å². The third kappa shape index (κ3) is 4.07. The number of aromatic nitrogens is 2. The first kappa shape index (κ1) is 19.6. The molecule has 2 aromatic heterocycles. The molecule has 26 heavy (non-hydrogen) atoms. The topological polar surface area (TPSA) is 44.1 Å². The van der Waals surface area contributed by atoms with Crippen LogP contribution in [0.15, 0.2) is 22.1 Å². The van der Waals surface area contributed by atoms with Gasteiger partial charge in [-0.25, -0.2) is 4.98 Å². The highest BCUT2D eigenvalue weighted by molar-refractivity contribution is 7.99. The second kappa shape index (κ2) is 7.49. The maximum Gasteiger partial charge on any atom is 0.211 e. The predicted molar refractivity (Wildman–Crippen MR) is 111 cm³/mol. The first-order valence-corrected chi connectivity index (χ1v) is 10.9. The largest absolute Gasteiger partial charge is 0.370 e. The van der Waals surface area contributed by atoms with Crippen molar-refractivity contribution in [3.8, 4) is 0 Å². The van der Waals surface area contributed by atoms with E-state index in [-0.39, 0.29) is 11.0 Å². The maximum atomic E-state index is 13.1. The molecule has 1 aliphatic rings. The van der Waals surface area contributed by atoms with Crippen molar-refractivity contribution in [2.45, 2.75) is 71.4 Å². The third-order valence-electron chi connectivity index (χ3n) is 4.48. The summed E-state index contributed by atoms with van der Waals surface area (Å²) in [6.45, 7) is 15.8. The average Bonchev–Trinajstić information content (AvgIpc) is 2.85. The molecule has 0 aromatic carbocycles. The molecule has 0 atom stereocenters. The Hall–Kier alpha value is -1.11. The van der Waals surface area contributed by atoms with E-state index < -0.39 is 0 Å². The van der Waals surface area contributed by atoms with E-state index in [0.29, 0.717) is 31.0 Å². The van der Waals surface area contributed by atoms with Crippen LogP contribution in [0.1, 0.15) is 51.5 Å². The van der Waals surface area contributed by atoms with Crippen LogP contribution < -0.4 is 5.43 Å². The summed E-state index contributed by atoms with van der Waals surface area (Å²) in [5.74, 6) is 1.66. The Balaban J connectivity index is 2.09. The summed E-state index contributed by atoms with van der Waals surface area (Å²) in [5, 5.41) is 0.930. The van der Waals surface area contributed by atoms with Gasteiger partial charge in [0.15, 0.2) is 5.16 Å². The van der Waals surface area contributed by atoms with Gasteiger partial charge in [0, 0.05) is 29.2 Å². The number of hydrogen-bond donors (Lipinski definition) is 0. The van der Waals surface area contributed by atoms with E-state index in [2.05, 4.69) is 25.0 Å². The molecular weight excluding hydrogens is 364 g/mol. The van der Waals surface area contributed by atoms with E-state index in [1.165, 1.54) is 0 Å². The van der Waals surface area contributed by atoms with Crippen LogP contribution in [-0.2, 0) is 24.3 Å². The fourth-order valence-corrected chi connectivity index (χ4v) is 5.49. The summed E-state index contributed by atoms with van der Waals surface area (Å²) in [4.78, 5) is 19.9. The minimum atomic E-state index is -0.290. The molecule has 0 amide bonds. The van der Waals surface area contributed by atoms with Crippen molar-refractivity contribution in [1.29, 1.82) is 0 Å². The van der Waals surface area contributed by atoms with Crippen LogP contribution in [0.5, 0.6) is 0 Å². The molecule has 0 fully saturated rings. The fourth-order valence-electron chi connectivity index (χ4n) is 3.06. The normalized spacial score (nSPS) is 16.2. The van der Waals surface area contributed by atoms with E-state index in [1.807, 2.05) is 20.8 Å². The highest BCUT2D eigenvalue weighted by atomic mass is 32.2. The summed E-state index contributed by atoms with van der Waals surface area (Å²) < 4.78 is 8.10. The first-order valence-electron chi connectivity index (χ1n) is 9.14. The van der Waals surface area contributed by atoms with Gasteiger partial charge in [0.25, 0.3) is 0 Å². The van der Waals surface area contributed by atoms with Gasteiger partial charge in [-0.2, -0.15) is 0 Å². The summed E-state index contributed by atoms with van der Waals surface area (Å²) in [6, 6.07) is 0. The number of ether oxygens (including phenoxy) is 1. The van der Waals surface area contributed by atoms with Crippen molar-refractivity contribution in [2.24, 2.45) is 5.92 Å². The Kier molecular flexibility index (Phi) is 5.66. The van der Waals surface area contributed by atoms with Crippen molar-refractivity contribution in [3.05, 3.63) is 32.8 Å². The Morgan fingerprint density at radius 2 is 2.19 bits per heavy atom. The number of fused-ring (bicyclic) bond motifs is 2. The van der Waals surface area contributed by atoms with Crippen molar-refractivity contribution in [3.63, 3.8) is 0 Å². The van der Waals surface area contributed by atoms with Gasteiger partial charge in [0.2, 0.25) is 5.43 Å². The highest BCUT2D eigenvalue weighted by Gasteiger charge is 2.30. The van der Waals surface area contributed by atoms with Gasteiger partial charge in [-0.15, -0.1) is 11.3 Å². The second-order valence-corrected chi connectivity index (χ2v) is 10.3. The quantitative estimate of drug-likeness (QED) is 0.511. The summed E-state index contributed by atoms with van der Waals surface area (Å²) in [5.41, 5.74) is 2.35. The summed E-state index contributed by atoms with van der Waals surface area (Å²) in [7, 11) is 0. The Labute approximate surface area is 163 Å². The molecule has 0 saturated carbocycles. The zero-order valence-electron chi connectivity index (χ0n) is 16.3. The minimum absolute atomic E-state index is 0.0799. The lowest BCUT2D eigenvalue weighted by atomic mass is 9.96. The number of rotatable bonds is 6. The van der Waals surface area contributed by atoms with Gasteiger partial charge in [-0.05, 0) is 33.1 Å². The number of nitrogens with zero attached hydrogens (tertiary/aromatic N) is 2. The van der Waals surface area contributed by atoms with E-state index in [1.54, 1.807) is 23.1 Å². The molecule has 1 aliphatic heterocycles. The zero-order valence-corrected chi connectivity index (χ0v) is 18.0. The molecule has 2 aromatic rings. The average molecular weight is 393 g/mol. The Morgan fingerprint density at radius 3 is 2.85 bits per heavy atom. The zero-order chi connectivity index (χ0) is 19.1. The molecule has 6 heteroatoms. The molecule has 0 spiro atoms. The fraction of sp³-hybridized carbons (Fsp3) is 0.600. The van der Waals surface area contributed by atoms with Gasteiger partial charge < -0.3 is 9.30 Å². The first-order chi connectivity index (χ1) is 12.2. The molecule has 0 radical (unpaired) electrons. The molecule has 0 N–H and O–H groups in total. The second-order valence-electron chi connectivity index (χ2n) is 8.18. The minimum Gasteiger partial charge on any atom is -0.370 e. The number of allylic oxidation sites excluding steroid dienone is 1. The SMILES string of the molecule is C=C(C)Cn1c(SCCC(C)C)nc2c(=O)c3c(sc21)COC(C)(C)C3. The maximum absolute atomic E-state index is 13.1. The standard InChI is InChI=1S/C20H28N2O2S2/c1-12(2)7-8-25-19-21-16-17(23)14-9-20(5,6)24-11-15(14)26-18(16)22(19)10-13(3)4/h12H,3,7-11H2,1-2,4-6H3. The van der Waals surface area contributed by atoms with Crippen molar-refractivity contribution >= 4 is 33.4 Å². The predicted octanol–water partition coefficient (Wildman–Crippen LogP) is 5.02. The van der Waals surface area contributed by atoms with E-state index in [0.717, 1.165) is 38.2 Å². The van der Waals surface area contributed by atoms with Crippen molar-refractivity contribution in [2.75, 3.05) is 5.75 Å². The molecule has 0 aliphatic carbocycles. The van der Waals surface area contributed by atoms with Crippen LogP contribution in [0.2, 0.25) is 0 Å². The van der Waals surface area contributed by atoms with Crippen LogP contribution in [0.25, 0.3) is 10.3 Å². The van der Waals surface area contributed by atoms with Crippen LogP contribution >= 0.6 is 23.1 Å². The lowest BCUT2D eigenvalue weighted by Gasteiger charge is -2.30. The van der Waals surface area contributed by atoms with Crippen LogP contribution in [0.3, 0.4) is 0 Å². The Bertz CT molecular complexity index is 893. The molecule has 3 rings (SSSR count). The van der Waals surface area contributed by atoms with Crippen LogP contribution in [-0.4, -0.2) is 20.9 Å². The van der Waals surface area contributed by atoms with Crippen molar-refractivity contribution in [1.82, 2.24) is 9.55 Å². The van der Waals surface area contributed by atoms with Gasteiger partial charge in [-0.1, -0.05) is 37.8 Å². The molecule has 0 saturated heterocycles. The van der Waals surface area contributed by atoms with Gasteiger partial charge in [0.05, 0.1) is 12.2 Å². The molecule has 3 heterocycles. The summed E-state index contributed by atoms with van der Waals surface area (Å²) in [6.07, 6.45) is 1.78. The number of imidazole rings is 1. The van der Waals surface area contributed by atoms with Gasteiger partial charge >= 0.3 is 0 Å². The monoisotopic (exact) mass is 392 g/mol. The molecule has 0 bridgehead atoms. The summed E-state index contributed by atoms with van der Waals surface area (Å²) >= 11 is 3.40. The van der Waals surface area contributed by atoms with Crippen LogP contribution in [0, 0.1) is 5.92 Å². The van der Waals surface area contributed by atoms with Crippen molar-refractivity contribution < 1.29 is 4.74 Å². The lowest BCUT2D eigenvalue weighted by molar-refractivity contribution is -0.0386. The molecule has 142 valence electrons. The molecule has 4 nitrogen and oxygen atoms in total. The molecule has 0 unspecified atom stereocenters. The Morgan fingerprint density at radius 1 is 1.46 bits per heavy atom. The number of hydrogen-bond acceptors (Lipinski definition) is 5. The van der Waals surface area contributed by atoms with Gasteiger partial charge in [-0.3, -0.25) is 4.79 Å². The lowest BCUT2D eigenvalue weighted by Crippen LogP contribution is -2.34. The van der Waals surface area contributed by atoms with Crippen LogP contribution in [0.4, 0.5) is 0 Å². The van der Waals surface area contributed by atoms with E-state index in [4.69, 9.17) is 9.72 Å². The van der Waals surface area contributed by atoms with E-state index >= 15 is 0 Å².